The number of hydrogen-bond donors (Lipinski definition) is 2. The predicted molar refractivity (Wildman–Crippen MR) is 109 cm³/mol. The Balaban J connectivity index is 2.08. The van der Waals surface area contributed by atoms with Gasteiger partial charge in [0.25, 0.3) is 11.8 Å². The minimum absolute atomic E-state index is 0.0952. The third-order valence-corrected chi connectivity index (χ3v) is 4.34. The first-order valence-corrected chi connectivity index (χ1v) is 9.67. The molecule has 2 aromatic heterocycles. The summed E-state index contributed by atoms with van der Waals surface area (Å²) in [6.45, 7) is 5.64. The molecule has 0 spiro atoms. The van der Waals surface area contributed by atoms with Crippen LogP contribution in [0.4, 0.5) is 14.6 Å². The Morgan fingerprint density at radius 1 is 1.23 bits per heavy atom. The molecule has 2 N–H and O–H groups in total. The van der Waals surface area contributed by atoms with Gasteiger partial charge in [-0.25, -0.2) is 18.7 Å². The van der Waals surface area contributed by atoms with Crippen molar-refractivity contribution in [1.29, 1.82) is 0 Å². The molecule has 9 heteroatoms. The molecule has 0 saturated heterocycles. The number of carbonyl (C=O) groups is 2. The molecule has 30 heavy (non-hydrogen) atoms. The lowest BCUT2D eigenvalue weighted by atomic mass is 10.1. The molecule has 2 rings (SSSR count). The van der Waals surface area contributed by atoms with Gasteiger partial charge >= 0.3 is 0 Å². The number of ether oxygens (including phenoxy) is 1. The highest BCUT2D eigenvalue weighted by molar-refractivity contribution is 5.96. The van der Waals surface area contributed by atoms with E-state index in [1.54, 1.807) is 19.1 Å². The highest BCUT2D eigenvalue weighted by Crippen LogP contribution is 2.22. The highest BCUT2D eigenvalue weighted by Gasteiger charge is 2.27. The third kappa shape index (κ3) is 6.75. The number of nitrogens with zero attached hydrogens (tertiary/aromatic N) is 2. The second kappa shape index (κ2) is 10.1. The monoisotopic (exact) mass is 420 g/mol. The fourth-order valence-electron chi connectivity index (χ4n) is 2.67. The number of rotatable bonds is 9. The van der Waals surface area contributed by atoms with Crippen molar-refractivity contribution in [3.8, 4) is 5.88 Å². The predicted octanol–water partition coefficient (Wildman–Crippen LogP) is 4.05. The van der Waals surface area contributed by atoms with Crippen molar-refractivity contribution in [3.63, 3.8) is 0 Å². The molecule has 7 nitrogen and oxygen atoms in total. The maximum Gasteiger partial charge on any atom is 0.281 e. The highest BCUT2D eigenvalue weighted by atomic mass is 19.3. The molecular weight excluding hydrogens is 394 g/mol. The van der Waals surface area contributed by atoms with Gasteiger partial charge in [0.15, 0.2) is 6.61 Å². The van der Waals surface area contributed by atoms with Crippen molar-refractivity contribution in [2.45, 2.75) is 52.5 Å². The first-order valence-electron chi connectivity index (χ1n) is 9.67. The van der Waals surface area contributed by atoms with Gasteiger partial charge in [0.05, 0.1) is 6.04 Å². The van der Waals surface area contributed by atoms with Crippen molar-refractivity contribution in [2.75, 3.05) is 11.9 Å². The number of anilines is 1. The lowest BCUT2D eigenvalue weighted by Gasteiger charge is -2.18. The van der Waals surface area contributed by atoms with Crippen LogP contribution in [0.25, 0.3) is 0 Å². The zero-order chi connectivity index (χ0) is 22.3. The summed E-state index contributed by atoms with van der Waals surface area (Å²) in [6.07, 6.45) is 1.77. The van der Waals surface area contributed by atoms with E-state index in [1.165, 1.54) is 32.2 Å². The maximum atomic E-state index is 13.3. The number of aromatic nitrogens is 2. The molecule has 2 aromatic rings. The fraction of sp³-hybridized carbons (Fsp3) is 0.429. The van der Waals surface area contributed by atoms with Crippen LogP contribution in [0, 0.1) is 6.92 Å². The van der Waals surface area contributed by atoms with Gasteiger partial charge in [0.1, 0.15) is 5.82 Å². The van der Waals surface area contributed by atoms with Gasteiger partial charge in [-0.15, -0.1) is 0 Å². The number of aryl methyl sites for hydroxylation is 1. The van der Waals surface area contributed by atoms with Gasteiger partial charge in [-0.2, -0.15) is 0 Å². The van der Waals surface area contributed by atoms with Gasteiger partial charge in [0.2, 0.25) is 11.8 Å². The quantitative estimate of drug-likeness (QED) is 0.638. The Labute approximate surface area is 174 Å². The number of amides is 2. The second-order valence-electron chi connectivity index (χ2n) is 6.93. The van der Waals surface area contributed by atoms with Crippen molar-refractivity contribution in [3.05, 3.63) is 47.3 Å². The number of carbonyl (C=O) groups excluding carboxylic acids is 2. The van der Waals surface area contributed by atoms with Crippen LogP contribution in [0.5, 0.6) is 5.88 Å². The van der Waals surface area contributed by atoms with Crippen LogP contribution in [0.3, 0.4) is 0 Å². The summed E-state index contributed by atoms with van der Waals surface area (Å²) in [5, 5.41) is 5.48. The molecule has 0 bridgehead atoms. The Hall–Kier alpha value is -3.10. The van der Waals surface area contributed by atoms with Crippen LogP contribution < -0.4 is 15.4 Å². The molecule has 0 aliphatic heterocycles. The summed E-state index contributed by atoms with van der Waals surface area (Å²) in [7, 11) is 0. The summed E-state index contributed by atoms with van der Waals surface area (Å²) < 4.78 is 31.7. The van der Waals surface area contributed by atoms with Crippen molar-refractivity contribution in [1.82, 2.24) is 15.3 Å². The van der Waals surface area contributed by atoms with E-state index in [0.717, 1.165) is 0 Å². The molecule has 1 unspecified atom stereocenters. The minimum Gasteiger partial charge on any atom is -0.471 e. The van der Waals surface area contributed by atoms with Gasteiger partial charge < -0.3 is 15.4 Å². The Bertz CT molecular complexity index is 888. The summed E-state index contributed by atoms with van der Waals surface area (Å²) in [5.41, 5.74) is 1.67. The Morgan fingerprint density at radius 3 is 2.53 bits per heavy atom. The summed E-state index contributed by atoms with van der Waals surface area (Å²) in [5.74, 6) is -3.12. The lowest BCUT2D eigenvalue weighted by Crippen LogP contribution is -2.28. The smallest absolute Gasteiger partial charge is 0.281 e. The average Bonchev–Trinajstić information content (AvgIpc) is 2.70. The SMILES string of the molecule is CCC(NC(=O)c1cc(C)nc(NC(C)=O)c1)c1ccc(OCC(F)(F)CC)nc1. The summed E-state index contributed by atoms with van der Waals surface area (Å²) >= 11 is 0. The first kappa shape index (κ1) is 23.2. The molecule has 0 fully saturated rings. The molecule has 0 saturated carbocycles. The summed E-state index contributed by atoms with van der Waals surface area (Å²) in [6, 6.07) is 5.97. The van der Waals surface area contributed by atoms with Gasteiger partial charge in [-0.1, -0.05) is 19.9 Å². The van der Waals surface area contributed by atoms with E-state index in [-0.39, 0.29) is 30.2 Å². The van der Waals surface area contributed by atoms with Crippen LogP contribution in [0.2, 0.25) is 0 Å². The lowest BCUT2D eigenvalue weighted by molar-refractivity contribution is -0.114. The number of hydrogen-bond acceptors (Lipinski definition) is 5. The largest absolute Gasteiger partial charge is 0.471 e. The minimum atomic E-state index is -2.90. The average molecular weight is 420 g/mol. The van der Waals surface area contributed by atoms with Crippen molar-refractivity contribution < 1.29 is 23.1 Å². The number of nitrogens with one attached hydrogen (secondary N) is 2. The van der Waals surface area contributed by atoms with E-state index in [0.29, 0.717) is 29.1 Å². The van der Waals surface area contributed by atoms with Gasteiger partial charge in [-0.3, -0.25) is 9.59 Å². The zero-order valence-corrected chi connectivity index (χ0v) is 17.5. The first-order chi connectivity index (χ1) is 14.1. The van der Waals surface area contributed by atoms with E-state index in [4.69, 9.17) is 4.74 Å². The molecule has 0 aromatic carbocycles. The standard InChI is InChI=1S/C21H26F2N4O3/c1-5-17(15-7-8-19(24-11-15)30-12-21(22,23)6-2)27-20(29)16-9-13(3)25-18(10-16)26-14(4)28/h7-11,17H,5-6,12H2,1-4H3,(H,27,29)(H,25,26,28). The molecule has 162 valence electrons. The molecule has 0 aliphatic rings. The van der Waals surface area contributed by atoms with E-state index >= 15 is 0 Å². The number of pyridine rings is 2. The molecule has 2 heterocycles. The Kier molecular flexibility index (Phi) is 7.79. The molecule has 0 radical (unpaired) electrons. The number of halogens is 2. The van der Waals surface area contributed by atoms with E-state index in [1.807, 2.05) is 6.92 Å². The van der Waals surface area contributed by atoms with Crippen LogP contribution in [0.1, 0.15) is 61.3 Å². The van der Waals surface area contributed by atoms with Crippen LogP contribution in [0.15, 0.2) is 30.5 Å². The topological polar surface area (TPSA) is 93.2 Å². The van der Waals surface area contributed by atoms with Crippen LogP contribution >= 0.6 is 0 Å². The van der Waals surface area contributed by atoms with Crippen molar-refractivity contribution in [2.24, 2.45) is 0 Å². The molecule has 2 amide bonds. The van der Waals surface area contributed by atoms with E-state index < -0.39 is 12.5 Å². The normalized spacial score (nSPS) is 12.2. The second-order valence-corrected chi connectivity index (χ2v) is 6.93. The number of alkyl halides is 2. The zero-order valence-electron chi connectivity index (χ0n) is 17.5. The maximum absolute atomic E-state index is 13.3. The fourth-order valence-corrected chi connectivity index (χ4v) is 2.67. The third-order valence-electron chi connectivity index (χ3n) is 4.34. The molecule has 1 atom stereocenters. The van der Waals surface area contributed by atoms with Gasteiger partial charge in [-0.05, 0) is 31.0 Å². The van der Waals surface area contributed by atoms with Gasteiger partial charge in [0, 0.05) is 36.9 Å². The Morgan fingerprint density at radius 2 is 1.97 bits per heavy atom. The summed E-state index contributed by atoms with van der Waals surface area (Å²) in [4.78, 5) is 32.2. The van der Waals surface area contributed by atoms with Crippen LogP contribution in [-0.2, 0) is 4.79 Å². The molecule has 0 aliphatic carbocycles. The van der Waals surface area contributed by atoms with Crippen LogP contribution in [-0.4, -0.2) is 34.3 Å². The van der Waals surface area contributed by atoms with E-state index in [2.05, 4.69) is 20.6 Å². The van der Waals surface area contributed by atoms with E-state index in [9.17, 15) is 18.4 Å². The van der Waals surface area contributed by atoms with Crippen molar-refractivity contribution >= 4 is 17.6 Å². The molecular formula is C21H26F2N4O3.